The first-order valence-corrected chi connectivity index (χ1v) is 9.63. The maximum absolute atomic E-state index is 12.9. The smallest absolute Gasteiger partial charge is 0.274 e. The summed E-state index contributed by atoms with van der Waals surface area (Å²) in [6.45, 7) is 7.13. The van der Waals surface area contributed by atoms with Crippen LogP contribution in [0.25, 0.3) is 0 Å². The maximum Gasteiger partial charge on any atom is 0.274 e. The largest absolute Gasteiger partial charge is 0.471 e. The SMILES string of the molecule is CCn1ccc(C(=O)N2CCc3c(c(COc4ccccn4)nn3CC)C2)n1. The van der Waals surface area contributed by atoms with E-state index in [4.69, 9.17) is 9.84 Å². The molecule has 4 heterocycles. The van der Waals surface area contributed by atoms with Crippen molar-refractivity contribution in [3.63, 3.8) is 0 Å². The standard InChI is InChI=1S/C20H24N6O2/c1-3-25-12-8-16(22-25)20(27)24-11-9-18-15(13-24)17(23-26(18)4-2)14-28-19-7-5-6-10-21-19/h5-8,10,12H,3-4,9,11,13-14H2,1-2H3. The van der Waals surface area contributed by atoms with Gasteiger partial charge in [-0.1, -0.05) is 6.07 Å². The van der Waals surface area contributed by atoms with Gasteiger partial charge in [0.25, 0.3) is 5.91 Å². The van der Waals surface area contributed by atoms with Crippen LogP contribution in [0.2, 0.25) is 0 Å². The molecule has 4 rings (SSSR count). The third kappa shape index (κ3) is 3.49. The van der Waals surface area contributed by atoms with Crippen LogP contribution in [0.15, 0.2) is 36.7 Å². The van der Waals surface area contributed by atoms with E-state index >= 15 is 0 Å². The molecule has 3 aromatic rings. The number of aryl methyl sites for hydroxylation is 2. The topological polar surface area (TPSA) is 78.1 Å². The number of rotatable bonds is 6. The highest BCUT2D eigenvalue weighted by Gasteiger charge is 2.28. The number of ether oxygens (including phenoxy) is 1. The van der Waals surface area contributed by atoms with Crippen LogP contribution in [0, 0.1) is 0 Å². The number of fused-ring (bicyclic) bond motifs is 1. The first-order valence-electron chi connectivity index (χ1n) is 9.63. The van der Waals surface area contributed by atoms with Gasteiger partial charge in [-0.25, -0.2) is 4.98 Å². The van der Waals surface area contributed by atoms with Crippen LogP contribution in [-0.2, 0) is 32.7 Å². The molecule has 1 aliphatic rings. The summed E-state index contributed by atoms with van der Waals surface area (Å²) in [5, 5.41) is 9.07. The zero-order valence-electron chi connectivity index (χ0n) is 16.2. The monoisotopic (exact) mass is 380 g/mol. The lowest BCUT2D eigenvalue weighted by molar-refractivity contribution is 0.0725. The van der Waals surface area contributed by atoms with E-state index in [-0.39, 0.29) is 5.91 Å². The number of aromatic nitrogens is 5. The van der Waals surface area contributed by atoms with E-state index < -0.39 is 0 Å². The molecule has 0 N–H and O–H groups in total. The predicted octanol–water partition coefficient (Wildman–Crippen LogP) is 2.29. The van der Waals surface area contributed by atoms with Crippen LogP contribution in [0.5, 0.6) is 5.88 Å². The van der Waals surface area contributed by atoms with Crippen molar-refractivity contribution in [2.24, 2.45) is 0 Å². The lowest BCUT2D eigenvalue weighted by Gasteiger charge is -2.27. The summed E-state index contributed by atoms with van der Waals surface area (Å²) < 4.78 is 9.59. The van der Waals surface area contributed by atoms with Gasteiger partial charge >= 0.3 is 0 Å². The highest BCUT2D eigenvalue weighted by molar-refractivity contribution is 5.92. The van der Waals surface area contributed by atoms with E-state index in [0.29, 0.717) is 31.3 Å². The van der Waals surface area contributed by atoms with E-state index in [9.17, 15) is 4.79 Å². The Hall–Kier alpha value is -3.16. The molecule has 0 unspecified atom stereocenters. The molecule has 0 saturated carbocycles. The second-order valence-electron chi connectivity index (χ2n) is 6.68. The summed E-state index contributed by atoms with van der Waals surface area (Å²) in [5.74, 6) is 0.523. The molecule has 0 radical (unpaired) electrons. The Bertz CT molecular complexity index is 962. The fraction of sp³-hybridized carbons (Fsp3) is 0.400. The van der Waals surface area contributed by atoms with Crippen molar-refractivity contribution < 1.29 is 9.53 Å². The average molecular weight is 380 g/mol. The van der Waals surface area contributed by atoms with Gasteiger partial charge in [0.05, 0.1) is 0 Å². The molecule has 8 nitrogen and oxygen atoms in total. The number of carbonyl (C=O) groups is 1. The van der Waals surface area contributed by atoms with Crippen molar-refractivity contribution in [3.8, 4) is 5.88 Å². The van der Waals surface area contributed by atoms with Crippen molar-refractivity contribution in [2.45, 2.75) is 46.5 Å². The molecule has 0 fully saturated rings. The van der Waals surface area contributed by atoms with Crippen molar-refractivity contribution in [1.82, 2.24) is 29.4 Å². The van der Waals surface area contributed by atoms with Gasteiger partial charge in [-0.2, -0.15) is 10.2 Å². The predicted molar refractivity (Wildman–Crippen MR) is 103 cm³/mol. The fourth-order valence-corrected chi connectivity index (χ4v) is 3.50. The number of nitrogens with zero attached hydrogens (tertiary/aromatic N) is 6. The average Bonchev–Trinajstić information content (AvgIpc) is 3.36. The summed E-state index contributed by atoms with van der Waals surface area (Å²) >= 11 is 0. The Morgan fingerprint density at radius 2 is 2.07 bits per heavy atom. The van der Waals surface area contributed by atoms with Gasteiger partial charge in [0, 0.05) is 62.3 Å². The zero-order valence-corrected chi connectivity index (χ0v) is 16.2. The van der Waals surface area contributed by atoms with Crippen molar-refractivity contribution in [1.29, 1.82) is 0 Å². The molecule has 0 bridgehead atoms. The first-order chi connectivity index (χ1) is 13.7. The van der Waals surface area contributed by atoms with Gasteiger partial charge in [0.2, 0.25) is 5.88 Å². The minimum absolute atomic E-state index is 0.0429. The number of hydrogen-bond donors (Lipinski definition) is 0. The van der Waals surface area contributed by atoms with Crippen molar-refractivity contribution in [2.75, 3.05) is 6.54 Å². The molecular formula is C20H24N6O2. The van der Waals surface area contributed by atoms with E-state index in [1.807, 2.05) is 40.9 Å². The van der Waals surface area contributed by atoms with Gasteiger partial charge in [0.15, 0.2) is 0 Å². The fourth-order valence-electron chi connectivity index (χ4n) is 3.50. The molecule has 146 valence electrons. The van der Waals surface area contributed by atoms with Crippen LogP contribution in [0.1, 0.15) is 41.3 Å². The van der Waals surface area contributed by atoms with E-state index in [1.54, 1.807) is 16.9 Å². The zero-order chi connectivity index (χ0) is 19.5. The van der Waals surface area contributed by atoms with Crippen LogP contribution in [-0.4, -0.2) is 41.9 Å². The molecule has 0 aliphatic carbocycles. The van der Waals surface area contributed by atoms with Crippen molar-refractivity contribution in [3.05, 3.63) is 59.3 Å². The molecule has 3 aromatic heterocycles. The minimum Gasteiger partial charge on any atom is -0.471 e. The molecule has 0 spiro atoms. The third-order valence-corrected chi connectivity index (χ3v) is 4.98. The number of amides is 1. The summed E-state index contributed by atoms with van der Waals surface area (Å²) in [7, 11) is 0. The van der Waals surface area contributed by atoms with Crippen LogP contribution in [0.3, 0.4) is 0 Å². The third-order valence-electron chi connectivity index (χ3n) is 4.98. The Morgan fingerprint density at radius 1 is 1.18 bits per heavy atom. The number of pyridine rings is 1. The van der Waals surface area contributed by atoms with Gasteiger partial charge in [-0.15, -0.1) is 0 Å². The highest BCUT2D eigenvalue weighted by Crippen LogP contribution is 2.25. The molecule has 28 heavy (non-hydrogen) atoms. The summed E-state index contributed by atoms with van der Waals surface area (Å²) in [6, 6.07) is 7.34. The molecule has 1 amide bonds. The van der Waals surface area contributed by atoms with Crippen LogP contribution >= 0.6 is 0 Å². The van der Waals surface area contributed by atoms with Crippen LogP contribution in [0.4, 0.5) is 0 Å². The normalized spacial score (nSPS) is 13.4. The molecule has 0 aromatic carbocycles. The summed E-state index contributed by atoms with van der Waals surface area (Å²) in [4.78, 5) is 18.9. The molecule has 8 heteroatoms. The quantitative estimate of drug-likeness (QED) is 0.656. The van der Waals surface area contributed by atoms with Gasteiger partial charge in [-0.3, -0.25) is 14.2 Å². The molecular weight excluding hydrogens is 356 g/mol. The molecule has 0 saturated heterocycles. The maximum atomic E-state index is 12.9. The second kappa shape index (κ2) is 7.84. The summed E-state index contributed by atoms with van der Waals surface area (Å²) in [5.41, 5.74) is 3.61. The Balaban J connectivity index is 1.54. The Labute approximate surface area is 163 Å². The second-order valence-corrected chi connectivity index (χ2v) is 6.68. The first kappa shape index (κ1) is 18.2. The van der Waals surface area contributed by atoms with Crippen LogP contribution < -0.4 is 4.74 Å². The highest BCUT2D eigenvalue weighted by atomic mass is 16.5. The molecule has 1 aliphatic heterocycles. The lowest BCUT2D eigenvalue weighted by atomic mass is 10.0. The van der Waals surface area contributed by atoms with E-state index in [0.717, 1.165) is 30.8 Å². The lowest BCUT2D eigenvalue weighted by Crippen LogP contribution is -2.37. The summed E-state index contributed by atoms with van der Waals surface area (Å²) in [6.07, 6.45) is 4.31. The van der Waals surface area contributed by atoms with E-state index in [2.05, 4.69) is 17.0 Å². The Kier molecular flexibility index (Phi) is 5.10. The van der Waals surface area contributed by atoms with Gasteiger partial charge in [0.1, 0.15) is 18.0 Å². The molecule has 0 atom stereocenters. The van der Waals surface area contributed by atoms with Gasteiger partial charge < -0.3 is 9.64 Å². The number of hydrogen-bond acceptors (Lipinski definition) is 5. The van der Waals surface area contributed by atoms with Crippen molar-refractivity contribution >= 4 is 5.91 Å². The minimum atomic E-state index is -0.0429. The van der Waals surface area contributed by atoms with Gasteiger partial charge in [-0.05, 0) is 26.0 Å². The van der Waals surface area contributed by atoms with E-state index in [1.165, 1.54) is 5.69 Å². The Morgan fingerprint density at radius 3 is 2.79 bits per heavy atom. The number of carbonyl (C=O) groups excluding carboxylic acids is 1.